The molecule has 0 aliphatic rings. The molecule has 0 amide bonds. The lowest BCUT2D eigenvalue weighted by molar-refractivity contribution is -0.384. The summed E-state index contributed by atoms with van der Waals surface area (Å²) in [4.78, 5) is 10.7. The van der Waals surface area contributed by atoms with E-state index in [0.29, 0.717) is 5.69 Å². The highest BCUT2D eigenvalue weighted by atomic mass is 16.6. The average molecular weight is 268 g/mol. The number of ether oxygens (including phenoxy) is 1. The topological polar surface area (TPSA) is 84.6 Å². The Morgan fingerprint density at radius 3 is 2.32 bits per heavy atom. The zero-order chi connectivity index (χ0) is 14.8. The fourth-order valence-corrected chi connectivity index (χ4v) is 1.47. The summed E-state index contributed by atoms with van der Waals surface area (Å²) in [5.41, 5.74) is -1.62. The fraction of sp³-hybridized carbons (Fsp3) is 0.538. The molecular weight excluding hydrogens is 248 g/mol. The van der Waals surface area contributed by atoms with E-state index in [1.165, 1.54) is 13.2 Å². The minimum Gasteiger partial charge on any atom is -0.490 e. The minimum atomic E-state index is -1.05. The van der Waals surface area contributed by atoms with Gasteiger partial charge < -0.3 is 15.2 Å². The van der Waals surface area contributed by atoms with E-state index >= 15 is 0 Å². The van der Waals surface area contributed by atoms with Crippen LogP contribution < -0.4 is 10.1 Å². The van der Waals surface area contributed by atoms with Crippen molar-refractivity contribution in [3.8, 4) is 5.75 Å². The van der Waals surface area contributed by atoms with Gasteiger partial charge in [-0.2, -0.15) is 0 Å². The minimum absolute atomic E-state index is 0.137. The van der Waals surface area contributed by atoms with Gasteiger partial charge in [-0.1, -0.05) is 6.07 Å². The average Bonchev–Trinajstić information content (AvgIpc) is 2.26. The van der Waals surface area contributed by atoms with Crippen LogP contribution in [0.2, 0.25) is 0 Å². The molecule has 0 saturated heterocycles. The normalized spacial score (nSPS) is 12.1. The van der Waals surface area contributed by atoms with Gasteiger partial charge in [0.1, 0.15) is 5.69 Å². The molecule has 0 aliphatic heterocycles. The first-order chi connectivity index (χ1) is 8.60. The van der Waals surface area contributed by atoms with Crippen LogP contribution in [0.5, 0.6) is 5.75 Å². The predicted molar refractivity (Wildman–Crippen MR) is 73.6 cm³/mol. The molecule has 1 aromatic carbocycles. The van der Waals surface area contributed by atoms with Crippen LogP contribution in [0.25, 0.3) is 0 Å². The van der Waals surface area contributed by atoms with E-state index in [0.717, 1.165) is 0 Å². The van der Waals surface area contributed by atoms with E-state index in [4.69, 9.17) is 4.74 Å². The highest BCUT2D eigenvalue weighted by Crippen LogP contribution is 2.37. The number of hydrogen-bond donors (Lipinski definition) is 2. The van der Waals surface area contributed by atoms with Crippen molar-refractivity contribution in [2.75, 3.05) is 12.4 Å². The number of benzene rings is 1. The van der Waals surface area contributed by atoms with Gasteiger partial charge in [-0.3, -0.25) is 10.1 Å². The molecule has 0 aromatic heterocycles. The number of nitrogens with one attached hydrogen (secondary N) is 1. The maximum absolute atomic E-state index is 11.2. The Hall–Kier alpha value is -1.82. The van der Waals surface area contributed by atoms with Crippen molar-refractivity contribution in [3.05, 3.63) is 28.3 Å². The quantitative estimate of drug-likeness (QED) is 0.633. The standard InChI is InChI=1S/C13H20N2O4/c1-12(2,13(3,4)16)14-9-7-6-8-10(19-5)11(9)15(17)18/h6-8,14,16H,1-5H3. The van der Waals surface area contributed by atoms with Crippen LogP contribution in [0.4, 0.5) is 11.4 Å². The van der Waals surface area contributed by atoms with Crippen molar-refractivity contribution in [1.29, 1.82) is 0 Å². The van der Waals surface area contributed by atoms with Gasteiger partial charge in [0.25, 0.3) is 0 Å². The second-order valence-electron chi connectivity index (χ2n) is 5.42. The molecule has 6 nitrogen and oxygen atoms in total. The summed E-state index contributed by atoms with van der Waals surface area (Å²) in [6, 6.07) is 4.78. The third-order valence-corrected chi connectivity index (χ3v) is 3.38. The maximum Gasteiger partial charge on any atom is 0.333 e. The smallest absolute Gasteiger partial charge is 0.333 e. The van der Waals surface area contributed by atoms with E-state index in [-0.39, 0.29) is 11.4 Å². The third-order valence-electron chi connectivity index (χ3n) is 3.38. The van der Waals surface area contributed by atoms with Crippen molar-refractivity contribution in [2.45, 2.75) is 38.8 Å². The van der Waals surface area contributed by atoms with Gasteiger partial charge >= 0.3 is 5.69 Å². The Balaban J connectivity index is 3.26. The molecule has 0 aliphatic carbocycles. The molecule has 1 aromatic rings. The van der Waals surface area contributed by atoms with Crippen LogP contribution in [-0.2, 0) is 0 Å². The monoisotopic (exact) mass is 268 g/mol. The van der Waals surface area contributed by atoms with Gasteiger partial charge in [-0.25, -0.2) is 0 Å². The molecule has 0 radical (unpaired) electrons. The van der Waals surface area contributed by atoms with Crippen molar-refractivity contribution >= 4 is 11.4 Å². The number of methoxy groups -OCH3 is 1. The van der Waals surface area contributed by atoms with Gasteiger partial charge in [-0.05, 0) is 39.8 Å². The first-order valence-electron chi connectivity index (χ1n) is 5.92. The number of nitrogens with zero attached hydrogens (tertiary/aromatic N) is 1. The molecule has 0 heterocycles. The van der Waals surface area contributed by atoms with Gasteiger partial charge in [0.05, 0.1) is 23.2 Å². The third kappa shape index (κ3) is 3.14. The molecule has 0 unspecified atom stereocenters. The molecule has 0 atom stereocenters. The number of nitro groups is 1. The second-order valence-corrected chi connectivity index (χ2v) is 5.42. The highest BCUT2D eigenvalue weighted by Gasteiger charge is 2.37. The summed E-state index contributed by atoms with van der Waals surface area (Å²) in [6.07, 6.45) is 0. The van der Waals surface area contributed by atoms with Crippen molar-refractivity contribution < 1.29 is 14.8 Å². The van der Waals surface area contributed by atoms with Gasteiger partial charge in [0.2, 0.25) is 0 Å². The SMILES string of the molecule is COc1cccc(NC(C)(C)C(C)(C)O)c1[N+](=O)[O-]. The molecule has 19 heavy (non-hydrogen) atoms. The Morgan fingerprint density at radius 1 is 1.32 bits per heavy atom. The predicted octanol–water partition coefficient (Wildman–Crippen LogP) is 2.56. The summed E-state index contributed by atoms with van der Waals surface area (Å²) < 4.78 is 5.00. The van der Waals surface area contributed by atoms with Gasteiger partial charge in [-0.15, -0.1) is 0 Å². The summed E-state index contributed by atoms with van der Waals surface area (Å²) >= 11 is 0. The van der Waals surface area contributed by atoms with E-state index in [1.807, 2.05) is 0 Å². The number of hydrogen-bond acceptors (Lipinski definition) is 5. The Labute approximate surface area is 112 Å². The zero-order valence-electron chi connectivity index (χ0n) is 11.9. The molecule has 2 N–H and O–H groups in total. The largest absolute Gasteiger partial charge is 0.490 e. The van der Waals surface area contributed by atoms with Crippen LogP contribution in [0, 0.1) is 10.1 Å². The highest BCUT2D eigenvalue weighted by molar-refractivity contribution is 5.69. The summed E-state index contributed by atoms with van der Waals surface area (Å²) in [7, 11) is 1.38. The lowest BCUT2D eigenvalue weighted by Gasteiger charge is -2.38. The van der Waals surface area contributed by atoms with Crippen molar-refractivity contribution in [1.82, 2.24) is 0 Å². The summed E-state index contributed by atoms with van der Waals surface area (Å²) in [6.45, 7) is 6.84. The first-order valence-corrected chi connectivity index (χ1v) is 5.92. The van der Waals surface area contributed by atoms with Gasteiger partial charge in [0.15, 0.2) is 5.75 Å². The number of anilines is 1. The summed E-state index contributed by atoms with van der Waals surface area (Å²) in [5, 5.41) is 24.3. The maximum atomic E-state index is 11.2. The first kappa shape index (κ1) is 15.2. The molecule has 0 bridgehead atoms. The van der Waals surface area contributed by atoms with E-state index in [2.05, 4.69) is 5.32 Å². The molecule has 6 heteroatoms. The molecule has 0 fully saturated rings. The number of para-hydroxylation sites is 1. The Bertz CT molecular complexity index is 478. The molecule has 106 valence electrons. The summed E-state index contributed by atoms with van der Waals surface area (Å²) in [5.74, 6) is 0.182. The van der Waals surface area contributed by atoms with Crippen LogP contribution in [0.3, 0.4) is 0 Å². The molecule has 0 spiro atoms. The van der Waals surface area contributed by atoms with Crippen LogP contribution >= 0.6 is 0 Å². The number of aliphatic hydroxyl groups is 1. The van der Waals surface area contributed by atoms with Crippen LogP contribution in [0.15, 0.2) is 18.2 Å². The number of nitro benzene ring substituents is 1. The van der Waals surface area contributed by atoms with Crippen LogP contribution in [0.1, 0.15) is 27.7 Å². The fourth-order valence-electron chi connectivity index (χ4n) is 1.47. The van der Waals surface area contributed by atoms with Crippen LogP contribution in [-0.4, -0.2) is 28.3 Å². The zero-order valence-corrected chi connectivity index (χ0v) is 11.9. The number of rotatable bonds is 5. The van der Waals surface area contributed by atoms with E-state index < -0.39 is 16.1 Å². The Kier molecular flexibility index (Phi) is 4.05. The van der Waals surface area contributed by atoms with Crippen molar-refractivity contribution in [2.24, 2.45) is 0 Å². The van der Waals surface area contributed by atoms with E-state index in [9.17, 15) is 15.2 Å². The lowest BCUT2D eigenvalue weighted by atomic mass is 9.85. The Morgan fingerprint density at radius 2 is 1.89 bits per heavy atom. The lowest BCUT2D eigenvalue weighted by Crippen LogP contribution is -2.51. The molecule has 1 rings (SSSR count). The van der Waals surface area contributed by atoms with Crippen molar-refractivity contribution in [3.63, 3.8) is 0 Å². The van der Waals surface area contributed by atoms with Gasteiger partial charge in [0, 0.05) is 0 Å². The molecule has 0 saturated carbocycles. The molecular formula is C13H20N2O4. The van der Waals surface area contributed by atoms with E-state index in [1.54, 1.807) is 39.8 Å². The second kappa shape index (κ2) is 5.05.